The lowest BCUT2D eigenvalue weighted by Gasteiger charge is -2.10. The number of nitrogens with one attached hydrogen (secondary N) is 1. The van der Waals surface area contributed by atoms with Crippen LogP contribution in [-0.2, 0) is 23.5 Å². The van der Waals surface area contributed by atoms with Crippen molar-refractivity contribution in [2.75, 3.05) is 6.54 Å². The molecule has 0 aliphatic rings. The largest absolute Gasteiger partial charge is 0.338 e. The van der Waals surface area contributed by atoms with Gasteiger partial charge < -0.3 is 4.57 Å². The van der Waals surface area contributed by atoms with E-state index in [1.165, 1.54) is 0 Å². The van der Waals surface area contributed by atoms with Crippen molar-refractivity contribution in [3.05, 3.63) is 45.1 Å². The molecule has 0 aliphatic carbocycles. The topological polar surface area (TPSA) is 64.0 Å². The van der Waals surface area contributed by atoms with Gasteiger partial charge >= 0.3 is 0 Å². The molecule has 0 unspecified atom stereocenters. The van der Waals surface area contributed by atoms with Crippen molar-refractivity contribution in [2.24, 2.45) is 7.05 Å². The average Bonchev–Trinajstić information content (AvgIpc) is 2.73. The molecule has 0 amide bonds. The number of nitrogens with zero attached hydrogens (tertiary/aromatic N) is 2. The molecule has 1 aromatic heterocycles. The Balaban J connectivity index is 2.14. The minimum atomic E-state index is -3.75. The van der Waals surface area contributed by atoms with E-state index >= 15 is 0 Å². The molecular weight excluding hydrogens is 429 g/mol. The van der Waals surface area contributed by atoms with Gasteiger partial charge in [-0.05, 0) is 44.0 Å². The smallest absolute Gasteiger partial charge is 0.242 e. The minimum absolute atomic E-state index is 0.0243. The quantitative estimate of drug-likeness (QED) is 0.777. The first-order valence-electron chi connectivity index (χ1n) is 5.91. The van der Waals surface area contributed by atoms with Crippen LogP contribution in [0, 0.1) is 5.82 Å². The Kier molecular flexibility index (Phi) is 5.18. The zero-order chi connectivity index (χ0) is 15.6. The summed E-state index contributed by atoms with van der Waals surface area (Å²) in [6.45, 7) is 0.198. The highest BCUT2D eigenvalue weighted by Crippen LogP contribution is 2.30. The molecule has 9 heteroatoms. The highest BCUT2D eigenvalue weighted by molar-refractivity contribution is 9.11. The molecule has 0 saturated heterocycles. The lowest BCUT2D eigenvalue weighted by molar-refractivity contribution is 0.577. The number of imidazole rings is 1. The van der Waals surface area contributed by atoms with E-state index in [0.717, 1.165) is 18.0 Å². The van der Waals surface area contributed by atoms with Crippen molar-refractivity contribution in [1.82, 2.24) is 14.3 Å². The van der Waals surface area contributed by atoms with Crippen molar-refractivity contribution in [3.8, 4) is 0 Å². The molecule has 0 bridgehead atoms. The third-order valence-corrected chi connectivity index (χ3v) is 6.13. The van der Waals surface area contributed by atoms with Gasteiger partial charge in [-0.3, -0.25) is 0 Å². The van der Waals surface area contributed by atoms with Gasteiger partial charge in [0.25, 0.3) is 0 Å². The molecule has 0 aliphatic heterocycles. The fraction of sp³-hybridized carbons (Fsp3) is 0.250. The van der Waals surface area contributed by atoms with Crippen molar-refractivity contribution in [3.63, 3.8) is 0 Å². The number of halogens is 3. The molecule has 0 radical (unpaired) electrons. The SMILES string of the molecule is Cn1ccnc1CCNS(=O)(=O)c1c(Br)cc(F)cc1Br. The van der Waals surface area contributed by atoms with Gasteiger partial charge in [0.2, 0.25) is 10.0 Å². The second kappa shape index (κ2) is 6.55. The first-order chi connectivity index (χ1) is 9.81. The van der Waals surface area contributed by atoms with Gasteiger partial charge in [0.15, 0.2) is 0 Å². The molecule has 0 fully saturated rings. The van der Waals surface area contributed by atoms with Crippen molar-refractivity contribution in [2.45, 2.75) is 11.3 Å². The van der Waals surface area contributed by atoms with Gasteiger partial charge in [-0.15, -0.1) is 0 Å². The van der Waals surface area contributed by atoms with Crippen LogP contribution < -0.4 is 4.72 Å². The first kappa shape index (κ1) is 16.6. The summed E-state index contributed by atoms with van der Waals surface area (Å²) < 4.78 is 42.4. The number of rotatable bonds is 5. The van der Waals surface area contributed by atoms with Crippen LogP contribution in [0.3, 0.4) is 0 Å². The summed E-state index contributed by atoms with van der Waals surface area (Å²) in [5.74, 6) is 0.246. The molecule has 2 rings (SSSR count). The zero-order valence-corrected chi connectivity index (χ0v) is 15.0. The second-order valence-corrected chi connectivity index (χ2v) is 7.71. The van der Waals surface area contributed by atoms with Crippen LogP contribution in [0.25, 0.3) is 0 Å². The fourth-order valence-electron chi connectivity index (χ4n) is 1.79. The van der Waals surface area contributed by atoms with E-state index in [9.17, 15) is 12.8 Å². The van der Waals surface area contributed by atoms with Crippen LogP contribution in [0.1, 0.15) is 5.82 Å². The summed E-state index contributed by atoms with van der Waals surface area (Å²) in [5.41, 5.74) is 0. The summed E-state index contributed by atoms with van der Waals surface area (Å²) in [7, 11) is -1.91. The van der Waals surface area contributed by atoms with Gasteiger partial charge in [-0.2, -0.15) is 0 Å². The lowest BCUT2D eigenvalue weighted by Crippen LogP contribution is -2.27. The normalized spacial score (nSPS) is 11.8. The summed E-state index contributed by atoms with van der Waals surface area (Å²) >= 11 is 6.14. The van der Waals surface area contributed by atoms with Crippen LogP contribution >= 0.6 is 31.9 Å². The van der Waals surface area contributed by atoms with E-state index < -0.39 is 15.8 Å². The number of aryl methyl sites for hydroxylation is 1. The Morgan fingerprint density at radius 1 is 1.33 bits per heavy atom. The number of aromatic nitrogens is 2. The van der Waals surface area contributed by atoms with Crippen molar-refractivity contribution >= 4 is 41.9 Å². The number of sulfonamides is 1. The standard InChI is InChI=1S/C12H12Br2FN3O2S/c1-18-5-4-16-11(18)2-3-17-21(19,20)12-9(13)6-8(15)7-10(12)14/h4-7,17H,2-3H2,1H3. The maximum absolute atomic E-state index is 13.2. The summed E-state index contributed by atoms with van der Waals surface area (Å²) in [4.78, 5) is 4.09. The van der Waals surface area contributed by atoms with Crippen LogP contribution in [0.2, 0.25) is 0 Å². The van der Waals surface area contributed by atoms with Gasteiger partial charge in [-0.25, -0.2) is 22.5 Å². The third kappa shape index (κ3) is 3.91. The third-order valence-electron chi connectivity index (χ3n) is 2.79. The Bertz CT molecular complexity index is 739. The Morgan fingerprint density at radius 2 is 1.95 bits per heavy atom. The summed E-state index contributed by atoms with van der Waals surface area (Å²) in [5, 5.41) is 0. The molecule has 0 atom stereocenters. The molecular formula is C12H12Br2FN3O2S. The van der Waals surface area contributed by atoms with Crippen LogP contribution in [0.15, 0.2) is 38.4 Å². The van der Waals surface area contributed by atoms with Gasteiger partial charge in [-0.1, -0.05) is 0 Å². The fourth-order valence-corrected chi connectivity index (χ4v) is 5.35. The van der Waals surface area contributed by atoms with E-state index in [2.05, 4.69) is 41.6 Å². The highest BCUT2D eigenvalue weighted by atomic mass is 79.9. The molecule has 1 N–H and O–H groups in total. The maximum Gasteiger partial charge on any atom is 0.242 e. The summed E-state index contributed by atoms with van der Waals surface area (Å²) in [6.07, 6.45) is 3.90. The average molecular weight is 441 g/mol. The lowest BCUT2D eigenvalue weighted by atomic mass is 10.3. The van der Waals surface area contributed by atoms with Crippen molar-refractivity contribution in [1.29, 1.82) is 0 Å². The molecule has 1 heterocycles. The van der Waals surface area contributed by atoms with E-state index in [4.69, 9.17) is 0 Å². The zero-order valence-electron chi connectivity index (χ0n) is 11.0. The predicted octanol–water partition coefficient (Wildman–Crippen LogP) is 2.61. The van der Waals surface area contributed by atoms with E-state index in [0.29, 0.717) is 6.42 Å². The maximum atomic E-state index is 13.2. The molecule has 2 aromatic rings. The Morgan fingerprint density at radius 3 is 2.48 bits per heavy atom. The van der Waals surface area contributed by atoms with Crippen LogP contribution in [0.5, 0.6) is 0 Å². The van der Waals surface area contributed by atoms with Crippen LogP contribution in [0.4, 0.5) is 4.39 Å². The van der Waals surface area contributed by atoms with Gasteiger partial charge in [0.1, 0.15) is 16.5 Å². The van der Waals surface area contributed by atoms with E-state index in [-0.39, 0.29) is 20.4 Å². The minimum Gasteiger partial charge on any atom is -0.338 e. The molecule has 1 aromatic carbocycles. The van der Waals surface area contributed by atoms with Crippen LogP contribution in [-0.4, -0.2) is 24.5 Å². The van der Waals surface area contributed by atoms with Gasteiger partial charge in [0, 0.05) is 41.4 Å². The van der Waals surface area contributed by atoms with Gasteiger partial charge in [0.05, 0.1) is 0 Å². The molecule has 114 valence electrons. The molecule has 0 spiro atoms. The monoisotopic (exact) mass is 439 g/mol. The Hall–Kier alpha value is -0.770. The van der Waals surface area contributed by atoms with E-state index in [1.807, 2.05) is 11.6 Å². The van der Waals surface area contributed by atoms with Crippen molar-refractivity contribution < 1.29 is 12.8 Å². The number of hydrogen-bond donors (Lipinski definition) is 1. The molecule has 5 nitrogen and oxygen atoms in total. The molecule has 0 saturated carbocycles. The molecule has 21 heavy (non-hydrogen) atoms. The Labute approximate surface area is 138 Å². The summed E-state index contributed by atoms with van der Waals surface area (Å²) in [6, 6.07) is 2.22. The number of hydrogen-bond acceptors (Lipinski definition) is 3. The second-order valence-electron chi connectivity index (χ2n) is 4.30. The van der Waals surface area contributed by atoms with E-state index in [1.54, 1.807) is 12.4 Å². The predicted molar refractivity (Wildman–Crippen MR) is 83.9 cm³/mol. The number of benzene rings is 1. The highest BCUT2D eigenvalue weighted by Gasteiger charge is 2.21. The first-order valence-corrected chi connectivity index (χ1v) is 8.98.